The van der Waals surface area contributed by atoms with Gasteiger partial charge in [-0.05, 0) is 41.8 Å². The Kier molecular flexibility index (Phi) is 6.20. The first-order valence-electron chi connectivity index (χ1n) is 10.9. The molecular weight excluding hydrogens is 478 g/mol. The second kappa shape index (κ2) is 8.70. The van der Waals surface area contributed by atoms with Crippen LogP contribution in [-0.2, 0) is 9.84 Å². The van der Waals surface area contributed by atoms with Crippen molar-refractivity contribution in [3.63, 3.8) is 0 Å². The zero-order chi connectivity index (χ0) is 24.8. The zero-order valence-electron chi connectivity index (χ0n) is 19.5. The maximum atomic E-state index is 13.6. The summed E-state index contributed by atoms with van der Waals surface area (Å²) in [6.45, 7) is 7.13. The van der Waals surface area contributed by atoms with Crippen LogP contribution >= 0.6 is 11.6 Å². The van der Waals surface area contributed by atoms with Gasteiger partial charge in [-0.25, -0.2) is 13.2 Å². The van der Waals surface area contributed by atoms with E-state index in [-0.39, 0.29) is 21.2 Å². The van der Waals surface area contributed by atoms with Crippen LogP contribution in [0.1, 0.15) is 20.8 Å². The Morgan fingerprint density at radius 2 is 1.91 bits per heavy atom. The van der Waals surface area contributed by atoms with Crippen LogP contribution < -0.4 is 9.64 Å². The fourth-order valence-corrected chi connectivity index (χ4v) is 6.09. The summed E-state index contributed by atoms with van der Waals surface area (Å²) in [5.74, 6) is 0.525. The SMILES string of the molecule is COc1ccc(S(=O)(=O)c2c[nH]c3ccc(Cl)cc23)cc1N1CCN(C(=O)O)C(C(C)(C)C)C1. The van der Waals surface area contributed by atoms with Crippen molar-refractivity contribution < 1.29 is 23.1 Å². The van der Waals surface area contributed by atoms with Crippen LogP contribution in [0.2, 0.25) is 5.02 Å². The van der Waals surface area contributed by atoms with Crippen molar-refractivity contribution in [2.75, 3.05) is 31.6 Å². The average molecular weight is 506 g/mol. The van der Waals surface area contributed by atoms with Gasteiger partial charge in [-0.15, -0.1) is 0 Å². The Morgan fingerprint density at radius 3 is 2.56 bits per heavy atom. The van der Waals surface area contributed by atoms with Crippen LogP contribution in [0.3, 0.4) is 0 Å². The van der Waals surface area contributed by atoms with Gasteiger partial charge >= 0.3 is 6.09 Å². The van der Waals surface area contributed by atoms with E-state index in [1.54, 1.807) is 30.3 Å². The summed E-state index contributed by atoms with van der Waals surface area (Å²) in [7, 11) is -2.34. The van der Waals surface area contributed by atoms with Crippen LogP contribution in [0.15, 0.2) is 52.4 Å². The van der Waals surface area contributed by atoms with E-state index in [1.165, 1.54) is 24.3 Å². The van der Waals surface area contributed by atoms with E-state index in [4.69, 9.17) is 16.3 Å². The highest BCUT2D eigenvalue weighted by Crippen LogP contribution is 2.38. The number of sulfone groups is 1. The summed E-state index contributed by atoms with van der Waals surface area (Å²) in [5.41, 5.74) is 0.979. The number of ether oxygens (including phenoxy) is 1. The molecule has 4 rings (SSSR count). The number of H-pyrrole nitrogens is 1. The van der Waals surface area contributed by atoms with Gasteiger partial charge in [-0.3, -0.25) is 0 Å². The fourth-order valence-electron chi connectivity index (χ4n) is 4.47. The molecule has 1 amide bonds. The lowest BCUT2D eigenvalue weighted by Gasteiger charge is -2.46. The number of carboxylic acid groups (broad SMARTS) is 1. The van der Waals surface area contributed by atoms with Crippen molar-refractivity contribution in [3.8, 4) is 5.75 Å². The van der Waals surface area contributed by atoms with Crippen molar-refractivity contribution in [3.05, 3.63) is 47.6 Å². The molecule has 1 atom stereocenters. The molecule has 10 heteroatoms. The third-order valence-corrected chi connectivity index (χ3v) is 8.35. The number of carbonyl (C=O) groups is 1. The smallest absolute Gasteiger partial charge is 0.407 e. The molecular formula is C24H28ClN3O5S. The maximum Gasteiger partial charge on any atom is 0.407 e. The highest BCUT2D eigenvalue weighted by Gasteiger charge is 2.39. The number of methoxy groups -OCH3 is 1. The molecule has 0 spiro atoms. The van der Waals surface area contributed by atoms with E-state index in [9.17, 15) is 18.3 Å². The first kappa shape index (κ1) is 24.2. The molecule has 1 saturated heterocycles. The second-order valence-corrected chi connectivity index (χ2v) is 11.8. The van der Waals surface area contributed by atoms with Crippen molar-refractivity contribution in [1.29, 1.82) is 0 Å². The lowest BCUT2D eigenvalue weighted by atomic mass is 9.84. The Balaban J connectivity index is 1.77. The molecule has 0 aliphatic carbocycles. The van der Waals surface area contributed by atoms with Gasteiger partial charge in [-0.1, -0.05) is 32.4 Å². The van der Waals surface area contributed by atoms with E-state index in [2.05, 4.69) is 4.98 Å². The van der Waals surface area contributed by atoms with Crippen LogP contribution in [0.25, 0.3) is 10.9 Å². The molecule has 1 aliphatic heterocycles. The number of nitrogens with one attached hydrogen (secondary N) is 1. The minimum Gasteiger partial charge on any atom is -0.495 e. The molecule has 0 saturated carbocycles. The fraction of sp³-hybridized carbons (Fsp3) is 0.375. The summed E-state index contributed by atoms with van der Waals surface area (Å²) in [4.78, 5) is 18.5. The normalized spacial score (nSPS) is 17.3. The number of fused-ring (bicyclic) bond motifs is 1. The number of hydrogen-bond donors (Lipinski definition) is 2. The molecule has 1 aromatic heterocycles. The number of aromatic amines is 1. The van der Waals surface area contributed by atoms with Crippen LogP contribution in [0.5, 0.6) is 5.75 Å². The second-order valence-electron chi connectivity index (χ2n) is 9.48. The molecule has 34 heavy (non-hydrogen) atoms. The number of aromatic nitrogens is 1. The minimum absolute atomic E-state index is 0.122. The first-order chi connectivity index (χ1) is 15.9. The van der Waals surface area contributed by atoms with E-state index >= 15 is 0 Å². The Morgan fingerprint density at radius 1 is 1.18 bits per heavy atom. The minimum atomic E-state index is -3.87. The predicted octanol–water partition coefficient (Wildman–Crippen LogP) is 4.88. The number of rotatable bonds is 4. The Labute approximate surface area is 204 Å². The number of nitrogens with zero attached hydrogens (tertiary/aromatic N) is 2. The number of halogens is 1. The lowest BCUT2D eigenvalue weighted by molar-refractivity contribution is 0.0747. The molecule has 1 aliphatic rings. The molecule has 3 aromatic rings. The van der Waals surface area contributed by atoms with Crippen molar-refractivity contribution in [1.82, 2.24) is 9.88 Å². The van der Waals surface area contributed by atoms with Gasteiger partial charge in [-0.2, -0.15) is 0 Å². The van der Waals surface area contributed by atoms with E-state index in [0.717, 1.165) is 0 Å². The largest absolute Gasteiger partial charge is 0.495 e. The zero-order valence-corrected chi connectivity index (χ0v) is 21.1. The van der Waals surface area contributed by atoms with Gasteiger partial charge in [0.25, 0.3) is 0 Å². The van der Waals surface area contributed by atoms with Gasteiger partial charge in [0.1, 0.15) is 5.75 Å². The molecule has 2 heterocycles. The van der Waals surface area contributed by atoms with Gasteiger partial charge in [0.15, 0.2) is 0 Å². The predicted molar refractivity (Wildman–Crippen MR) is 132 cm³/mol. The molecule has 2 N–H and O–H groups in total. The molecule has 8 nitrogen and oxygen atoms in total. The number of benzene rings is 2. The number of amides is 1. The molecule has 1 fully saturated rings. The van der Waals surface area contributed by atoms with Crippen LogP contribution in [0, 0.1) is 5.41 Å². The molecule has 2 aromatic carbocycles. The summed E-state index contributed by atoms with van der Waals surface area (Å²) in [6, 6.07) is 9.56. The van der Waals surface area contributed by atoms with Gasteiger partial charge in [0, 0.05) is 41.8 Å². The van der Waals surface area contributed by atoms with Gasteiger partial charge in [0.2, 0.25) is 9.84 Å². The third kappa shape index (κ3) is 4.30. The summed E-state index contributed by atoms with van der Waals surface area (Å²) in [5, 5.41) is 10.7. The number of hydrogen-bond acceptors (Lipinski definition) is 5. The van der Waals surface area contributed by atoms with E-state index < -0.39 is 15.9 Å². The highest BCUT2D eigenvalue weighted by atomic mass is 35.5. The third-order valence-electron chi connectivity index (χ3n) is 6.32. The van der Waals surface area contributed by atoms with Crippen LogP contribution in [0.4, 0.5) is 10.5 Å². The molecule has 182 valence electrons. The number of piperazine rings is 1. The lowest BCUT2D eigenvalue weighted by Crippen LogP contribution is -2.59. The monoisotopic (exact) mass is 505 g/mol. The Hall–Kier alpha value is -2.91. The molecule has 0 radical (unpaired) electrons. The Bertz CT molecular complexity index is 1350. The van der Waals surface area contributed by atoms with Crippen molar-refractivity contribution in [2.45, 2.75) is 36.6 Å². The highest BCUT2D eigenvalue weighted by molar-refractivity contribution is 7.91. The van der Waals surface area contributed by atoms with E-state index in [0.29, 0.717) is 47.0 Å². The van der Waals surface area contributed by atoms with Crippen molar-refractivity contribution >= 4 is 44.1 Å². The van der Waals surface area contributed by atoms with Gasteiger partial charge < -0.3 is 24.6 Å². The summed E-state index contributed by atoms with van der Waals surface area (Å²) >= 11 is 6.12. The summed E-state index contributed by atoms with van der Waals surface area (Å²) < 4.78 is 32.8. The molecule has 1 unspecified atom stereocenters. The molecule has 0 bridgehead atoms. The number of anilines is 1. The summed E-state index contributed by atoms with van der Waals surface area (Å²) in [6.07, 6.45) is 0.516. The average Bonchev–Trinajstić information content (AvgIpc) is 3.21. The quantitative estimate of drug-likeness (QED) is 0.524. The topological polar surface area (TPSA) is 103 Å². The van der Waals surface area contributed by atoms with Gasteiger partial charge in [0.05, 0.1) is 28.6 Å². The first-order valence-corrected chi connectivity index (χ1v) is 12.7. The van der Waals surface area contributed by atoms with E-state index in [1.807, 2.05) is 25.7 Å². The van der Waals surface area contributed by atoms with Crippen LogP contribution in [-0.4, -0.2) is 62.3 Å². The van der Waals surface area contributed by atoms with Crippen molar-refractivity contribution in [2.24, 2.45) is 5.41 Å². The maximum absolute atomic E-state index is 13.6. The standard InChI is InChI=1S/C24H28ClN3O5S/c1-24(2,3)22-14-27(9-10-28(22)23(29)30)19-12-16(6-8-20(19)33-4)34(31,32)21-13-26-18-7-5-15(25)11-17(18)21/h5-8,11-13,22,26H,9-10,14H2,1-4H3,(H,29,30).